The molecule has 2 aromatic carbocycles. The molecule has 0 spiro atoms. The number of anilines is 1. The minimum Gasteiger partial charge on any atom is -0.493 e. The zero-order valence-electron chi connectivity index (χ0n) is 22.2. The highest BCUT2D eigenvalue weighted by molar-refractivity contribution is 7.93. The van der Waals surface area contributed by atoms with E-state index in [1.165, 1.54) is 28.6 Å². The van der Waals surface area contributed by atoms with Crippen molar-refractivity contribution >= 4 is 33.3 Å². The third kappa shape index (κ3) is 5.66. The SMILES string of the molecule is CC(C)(C)OC(=O)N(c1cscn1)S(=O)(=O)c1cc2c(cc1F)C(N1CCCC[C@H]1c1ccccc1)CCO2. The van der Waals surface area contributed by atoms with Gasteiger partial charge in [0.25, 0.3) is 10.0 Å². The predicted octanol–water partition coefficient (Wildman–Crippen LogP) is 6.46. The molecule has 11 heteroatoms. The first kappa shape index (κ1) is 27.5. The van der Waals surface area contributed by atoms with E-state index in [2.05, 4.69) is 22.0 Å². The lowest BCUT2D eigenvalue weighted by atomic mass is 9.89. The quantitative estimate of drug-likeness (QED) is 0.346. The van der Waals surface area contributed by atoms with E-state index in [9.17, 15) is 13.2 Å². The van der Waals surface area contributed by atoms with Crippen LogP contribution in [0.3, 0.4) is 0 Å². The van der Waals surface area contributed by atoms with Gasteiger partial charge >= 0.3 is 6.09 Å². The molecule has 8 nitrogen and oxygen atoms in total. The summed E-state index contributed by atoms with van der Waals surface area (Å²) in [5.74, 6) is -0.823. The smallest absolute Gasteiger partial charge is 0.430 e. The minimum absolute atomic E-state index is 0.133. The monoisotopic (exact) mass is 573 g/mol. The van der Waals surface area contributed by atoms with Crippen molar-refractivity contribution in [2.45, 2.75) is 69.0 Å². The standard InChI is InChI=1S/C28H32FN3O5S2/c1-28(2,3)37-27(33)32(26-17-38-18-30-26)39(34,35)25-16-24-20(15-21(25)29)23(12-14-36-24)31-13-8-7-11-22(31)19-9-5-4-6-10-19/h4-6,9-10,15-18,22-23H,7-8,11-14H2,1-3H3/t22-,23?/m0/s1. The van der Waals surface area contributed by atoms with E-state index in [4.69, 9.17) is 9.47 Å². The summed E-state index contributed by atoms with van der Waals surface area (Å²) in [5, 5.41) is 1.39. The summed E-state index contributed by atoms with van der Waals surface area (Å²) < 4.78 is 55.0. The molecular weight excluding hydrogens is 541 g/mol. The summed E-state index contributed by atoms with van der Waals surface area (Å²) >= 11 is 1.11. The number of hydrogen-bond donors (Lipinski definition) is 0. The first-order chi connectivity index (χ1) is 18.6. The molecule has 208 valence electrons. The highest BCUT2D eigenvalue weighted by Crippen LogP contribution is 2.45. The average Bonchev–Trinajstić information content (AvgIpc) is 3.41. The van der Waals surface area contributed by atoms with Crippen molar-refractivity contribution in [1.82, 2.24) is 9.88 Å². The van der Waals surface area contributed by atoms with Gasteiger partial charge in [-0.3, -0.25) is 4.90 Å². The van der Waals surface area contributed by atoms with Gasteiger partial charge in [0.05, 0.1) is 12.1 Å². The molecule has 0 saturated carbocycles. The van der Waals surface area contributed by atoms with E-state index in [0.717, 1.165) is 37.1 Å². The van der Waals surface area contributed by atoms with Crippen molar-refractivity contribution < 1.29 is 27.1 Å². The number of aromatic nitrogens is 1. The van der Waals surface area contributed by atoms with Crippen molar-refractivity contribution in [3.05, 3.63) is 70.3 Å². The van der Waals surface area contributed by atoms with Crippen LogP contribution in [0.15, 0.2) is 58.3 Å². The van der Waals surface area contributed by atoms with Crippen LogP contribution in [0, 0.1) is 5.82 Å². The summed E-state index contributed by atoms with van der Waals surface area (Å²) in [6, 6.07) is 12.7. The Balaban J connectivity index is 1.53. The number of nitrogens with zero attached hydrogens (tertiary/aromatic N) is 3. The maximum Gasteiger partial charge on any atom is 0.430 e. The van der Waals surface area contributed by atoms with E-state index in [1.807, 2.05) is 18.2 Å². The first-order valence-corrected chi connectivity index (χ1v) is 15.4. The Kier molecular flexibility index (Phi) is 7.67. The van der Waals surface area contributed by atoms with Crippen LogP contribution in [-0.4, -0.2) is 43.1 Å². The van der Waals surface area contributed by atoms with E-state index < -0.39 is 32.4 Å². The molecule has 0 radical (unpaired) electrons. The third-order valence-corrected chi connectivity index (χ3v) is 9.17. The fraction of sp³-hybridized carbons (Fsp3) is 0.429. The Hall–Kier alpha value is -3.02. The molecule has 3 heterocycles. The highest BCUT2D eigenvalue weighted by atomic mass is 32.2. The fourth-order valence-electron chi connectivity index (χ4n) is 5.30. The van der Waals surface area contributed by atoms with Crippen LogP contribution in [0.1, 0.15) is 69.7 Å². The van der Waals surface area contributed by atoms with E-state index >= 15 is 4.39 Å². The number of rotatable bonds is 5. The molecule has 1 amide bonds. The van der Waals surface area contributed by atoms with Crippen LogP contribution < -0.4 is 9.04 Å². The Bertz CT molecular complexity index is 1430. The molecule has 2 aliphatic heterocycles. The number of ether oxygens (including phenoxy) is 2. The first-order valence-electron chi connectivity index (χ1n) is 13.0. The van der Waals surface area contributed by atoms with Crippen LogP contribution in [0.5, 0.6) is 5.75 Å². The number of halogens is 1. The van der Waals surface area contributed by atoms with Crippen LogP contribution in [-0.2, 0) is 14.8 Å². The maximum atomic E-state index is 15.8. The zero-order valence-corrected chi connectivity index (χ0v) is 23.8. The molecule has 1 fully saturated rings. The van der Waals surface area contributed by atoms with Gasteiger partial charge in [0.1, 0.15) is 22.1 Å². The summed E-state index contributed by atoms with van der Waals surface area (Å²) in [7, 11) is -4.72. The predicted molar refractivity (Wildman–Crippen MR) is 147 cm³/mol. The van der Waals surface area contributed by atoms with Crippen molar-refractivity contribution in [2.75, 3.05) is 17.5 Å². The number of fused-ring (bicyclic) bond motifs is 1. The second-order valence-corrected chi connectivity index (χ2v) is 13.2. The molecule has 3 aromatic rings. The minimum atomic E-state index is -4.72. The molecule has 0 bridgehead atoms. The second-order valence-electron chi connectivity index (χ2n) is 10.7. The van der Waals surface area contributed by atoms with Gasteiger partial charge in [-0.1, -0.05) is 36.8 Å². The Labute approximate surface area is 232 Å². The number of amides is 1. The van der Waals surface area contributed by atoms with Crippen molar-refractivity contribution in [2.24, 2.45) is 0 Å². The van der Waals surface area contributed by atoms with Crippen LogP contribution in [0.25, 0.3) is 0 Å². The molecule has 2 aliphatic rings. The van der Waals surface area contributed by atoms with Crippen LogP contribution in [0.4, 0.5) is 15.0 Å². The van der Waals surface area contributed by atoms with E-state index in [0.29, 0.717) is 28.6 Å². The highest BCUT2D eigenvalue weighted by Gasteiger charge is 2.40. The number of carbonyl (C=O) groups excluding carboxylic acids is 1. The second kappa shape index (κ2) is 10.9. The summed E-state index contributed by atoms with van der Waals surface area (Å²) in [6.45, 7) is 6.07. The van der Waals surface area contributed by atoms with Crippen molar-refractivity contribution in [3.8, 4) is 5.75 Å². The average molecular weight is 574 g/mol. The number of hydrogen-bond acceptors (Lipinski definition) is 8. The normalized spacial score (nSPS) is 20.1. The van der Waals surface area contributed by atoms with Gasteiger partial charge in [0.15, 0.2) is 5.82 Å². The summed E-state index contributed by atoms with van der Waals surface area (Å²) in [6.07, 6.45) is 2.62. The van der Waals surface area contributed by atoms with Gasteiger partial charge in [-0.25, -0.2) is 22.6 Å². The molecule has 1 saturated heterocycles. The Morgan fingerprint density at radius 3 is 2.62 bits per heavy atom. The Morgan fingerprint density at radius 1 is 1.15 bits per heavy atom. The lowest BCUT2D eigenvalue weighted by Crippen LogP contribution is -2.42. The van der Waals surface area contributed by atoms with Gasteiger partial charge < -0.3 is 9.47 Å². The van der Waals surface area contributed by atoms with Crippen molar-refractivity contribution in [1.29, 1.82) is 0 Å². The van der Waals surface area contributed by atoms with Gasteiger partial charge in [0.2, 0.25) is 0 Å². The fourth-order valence-corrected chi connectivity index (χ4v) is 7.22. The molecular formula is C28H32FN3O5S2. The number of carbonyl (C=O) groups is 1. The van der Waals surface area contributed by atoms with E-state index in [1.54, 1.807) is 20.8 Å². The third-order valence-electron chi connectivity index (χ3n) is 6.91. The topological polar surface area (TPSA) is 89.0 Å². The largest absolute Gasteiger partial charge is 0.493 e. The molecule has 2 atom stereocenters. The number of likely N-dealkylation sites (tertiary alicyclic amines) is 1. The maximum absolute atomic E-state index is 15.8. The van der Waals surface area contributed by atoms with Gasteiger partial charge in [-0.2, -0.15) is 0 Å². The van der Waals surface area contributed by atoms with Gasteiger partial charge in [0, 0.05) is 35.5 Å². The zero-order chi connectivity index (χ0) is 27.8. The molecule has 0 N–H and O–H groups in total. The Morgan fingerprint density at radius 2 is 1.92 bits per heavy atom. The van der Waals surface area contributed by atoms with Crippen LogP contribution in [0.2, 0.25) is 0 Å². The van der Waals surface area contributed by atoms with Crippen molar-refractivity contribution in [3.63, 3.8) is 0 Å². The molecule has 39 heavy (non-hydrogen) atoms. The molecule has 5 rings (SSSR count). The lowest BCUT2D eigenvalue weighted by Gasteiger charge is -2.43. The van der Waals surface area contributed by atoms with Gasteiger partial charge in [-0.15, -0.1) is 15.6 Å². The number of sulfonamides is 1. The van der Waals surface area contributed by atoms with Gasteiger partial charge in [-0.05, 0) is 51.8 Å². The summed E-state index contributed by atoms with van der Waals surface area (Å²) in [5.41, 5.74) is 2.23. The molecule has 1 unspecified atom stereocenters. The molecule has 0 aliphatic carbocycles. The number of piperidine rings is 1. The van der Waals surface area contributed by atoms with E-state index in [-0.39, 0.29) is 17.9 Å². The number of benzene rings is 2. The molecule has 1 aromatic heterocycles. The number of thiazole rings is 1. The lowest BCUT2D eigenvalue weighted by molar-refractivity contribution is 0.0607. The van der Waals surface area contributed by atoms with Crippen LogP contribution >= 0.6 is 11.3 Å². The summed E-state index contributed by atoms with van der Waals surface area (Å²) in [4.78, 5) is 18.7.